The Morgan fingerprint density at radius 2 is 1.93 bits per heavy atom. The number of pyridine rings is 1. The van der Waals surface area contributed by atoms with Crippen LogP contribution in [-0.4, -0.2) is 44.1 Å². The molecule has 0 bridgehead atoms. The first-order valence-electron chi connectivity index (χ1n) is 5.18. The minimum absolute atomic E-state index is 0.576. The van der Waals surface area contributed by atoms with Crippen molar-refractivity contribution >= 4 is 11.6 Å². The van der Waals surface area contributed by atoms with Crippen molar-refractivity contribution in [3.63, 3.8) is 0 Å². The van der Waals surface area contributed by atoms with Crippen molar-refractivity contribution in [2.24, 2.45) is 0 Å². The molecule has 2 N–H and O–H groups in total. The fraction of sp³-hybridized carbons (Fsp3) is 0.545. The Hall–Kier alpha value is -1.29. The number of hydrogen-bond acceptors (Lipinski definition) is 4. The number of anilines is 2. The molecule has 0 aliphatic rings. The van der Waals surface area contributed by atoms with Gasteiger partial charge in [-0.2, -0.15) is 0 Å². The van der Waals surface area contributed by atoms with Crippen LogP contribution in [0.3, 0.4) is 0 Å². The van der Waals surface area contributed by atoms with Crippen LogP contribution >= 0.6 is 0 Å². The van der Waals surface area contributed by atoms with E-state index in [1.807, 2.05) is 19.2 Å². The van der Waals surface area contributed by atoms with Gasteiger partial charge in [0.1, 0.15) is 11.6 Å². The average molecular weight is 208 g/mol. The molecule has 0 saturated carbocycles. The van der Waals surface area contributed by atoms with Gasteiger partial charge in [-0.25, -0.2) is 4.98 Å². The normalized spacial score (nSPS) is 10.7. The number of aromatic nitrogens is 1. The van der Waals surface area contributed by atoms with Crippen LogP contribution in [0.25, 0.3) is 0 Å². The molecule has 0 aromatic carbocycles. The first-order chi connectivity index (χ1) is 7.09. The fourth-order valence-corrected chi connectivity index (χ4v) is 1.39. The first-order valence-corrected chi connectivity index (χ1v) is 5.18. The van der Waals surface area contributed by atoms with Gasteiger partial charge in [0.05, 0.1) is 0 Å². The molecule has 15 heavy (non-hydrogen) atoms. The lowest BCUT2D eigenvalue weighted by molar-refractivity contribution is 0.401. The summed E-state index contributed by atoms with van der Waals surface area (Å²) in [7, 11) is 6.20. The number of hydrogen-bond donors (Lipinski definition) is 1. The van der Waals surface area contributed by atoms with Crippen LogP contribution in [0.1, 0.15) is 6.42 Å². The van der Waals surface area contributed by atoms with Gasteiger partial charge in [-0.3, -0.25) is 0 Å². The predicted molar refractivity (Wildman–Crippen MR) is 65.1 cm³/mol. The summed E-state index contributed by atoms with van der Waals surface area (Å²) in [6, 6.07) is 5.71. The van der Waals surface area contributed by atoms with Gasteiger partial charge in [-0.05, 0) is 39.2 Å². The van der Waals surface area contributed by atoms with Crippen LogP contribution in [0.5, 0.6) is 0 Å². The molecule has 0 atom stereocenters. The van der Waals surface area contributed by atoms with E-state index in [9.17, 15) is 0 Å². The van der Waals surface area contributed by atoms with Crippen LogP contribution < -0.4 is 10.6 Å². The monoisotopic (exact) mass is 208 g/mol. The van der Waals surface area contributed by atoms with Gasteiger partial charge in [0.2, 0.25) is 0 Å². The Labute approximate surface area is 91.7 Å². The van der Waals surface area contributed by atoms with Gasteiger partial charge < -0.3 is 15.5 Å². The van der Waals surface area contributed by atoms with Crippen molar-refractivity contribution in [2.45, 2.75) is 6.42 Å². The molecule has 0 amide bonds. The van der Waals surface area contributed by atoms with Crippen molar-refractivity contribution in [1.82, 2.24) is 9.88 Å². The van der Waals surface area contributed by atoms with E-state index in [0.717, 1.165) is 25.3 Å². The summed E-state index contributed by atoms with van der Waals surface area (Å²) in [4.78, 5) is 8.57. The molecule has 0 unspecified atom stereocenters. The smallest absolute Gasteiger partial charge is 0.130 e. The van der Waals surface area contributed by atoms with E-state index in [0.29, 0.717) is 5.82 Å². The minimum atomic E-state index is 0.576. The van der Waals surface area contributed by atoms with E-state index in [-0.39, 0.29) is 0 Å². The van der Waals surface area contributed by atoms with Crippen molar-refractivity contribution in [3.8, 4) is 0 Å². The van der Waals surface area contributed by atoms with Gasteiger partial charge in [0.25, 0.3) is 0 Å². The Bertz CT molecular complexity index is 298. The minimum Gasteiger partial charge on any atom is -0.384 e. The third kappa shape index (κ3) is 4.16. The second-order valence-electron chi connectivity index (χ2n) is 4.00. The topological polar surface area (TPSA) is 45.4 Å². The predicted octanol–water partition coefficient (Wildman–Crippen LogP) is 1.05. The molecule has 1 rings (SSSR count). The Morgan fingerprint density at radius 3 is 2.53 bits per heavy atom. The van der Waals surface area contributed by atoms with Gasteiger partial charge >= 0.3 is 0 Å². The second kappa shape index (κ2) is 5.56. The number of nitrogen functional groups attached to an aromatic ring is 1. The standard InChI is InChI=1S/C11H20N4/c1-14(2)8-5-9-15(3)11-7-4-6-10(12)13-11/h4,6-7H,5,8-9H2,1-3H3,(H2,12,13). The van der Waals surface area contributed by atoms with Crippen LogP contribution in [0.2, 0.25) is 0 Å². The van der Waals surface area contributed by atoms with Crippen molar-refractivity contribution in [2.75, 3.05) is 44.9 Å². The summed E-state index contributed by atoms with van der Waals surface area (Å²) in [5.41, 5.74) is 5.63. The highest BCUT2D eigenvalue weighted by molar-refractivity contribution is 5.43. The highest BCUT2D eigenvalue weighted by Gasteiger charge is 2.02. The van der Waals surface area contributed by atoms with Crippen LogP contribution in [0.4, 0.5) is 11.6 Å². The van der Waals surface area contributed by atoms with E-state index in [1.54, 1.807) is 6.07 Å². The lowest BCUT2D eigenvalue weighted by Gasteiger charge is -2.19. The molecule has 1 aromatic rings. The Kier molecular flexibility index (Phi) is 4.37. The maximum absolute atomic E-state index is 5.63. The van der Waals surface area contributed by atoms with E-state index < -0.39 is 0 Å². The highest BCUT2D eigenvalue weighted by Crippen LogP contribution is 2.10. The van der Waals surface area contributed by atoms with E-state index in [2.05, 4.69) is 28.9 Å². The summed E-state index contributed by atoms with van der Waals surface area (Å²) in [6.07, 6.45) is 1.12. The van der Waals surface area contributed by atoms with Crippen LogP contribution in [0, 0.1) is 0 Å². The van der Waals surface area contributed by atoms with Crippen LogP contribution in [-0.2, 0) is 0 Å². The van der Waals surface area contributed by atoms with Gasteiger partial charge in [-0.15, -0.1) is 0 Å². The molecule has 4 heteroatoms. The van der Waals surface area contributed by atoms with E-state index in [4.69, 9.17) is 5.73 Å². The molecule has 0 aliphatic carbocycles. The molecule has 1 aromatic heterocycles. The summed E-state index contributed by atoms with van der Waals surface area (Å²) in [5.74, 6) is 1.51. The molecule has 84 valence electrons. The zero-order chi connectivity index (χ0) is 11.3. The molecule has 0 saturated heterocycles. The quantitative estimate of drug-likeness (QED) is 0.785. The fourth-order valence-electron chi connectivity index (χ4n) is 1.39. The highest BCUT2D eigenvalue weighted by atomic mass is 15.2. The SMILES string of the molecule is CN(C)CCCN(C)c1cccc(N)n1. The summed E-state index contributed by atoms with van der Waals surface area (Å²) in [5, 5.41) is 0. The first kappa shape index (κ1) is 11.8. The van der Waals surface area contributed by atoms with Crippen molar-refractivity contribution in [3.05, 3.63) is 18.2 Å². The zero-order valence-electron chi connectivity index (χ0n) is 9.77. The molecule has 0 spiro atoms. The van der Waals surface area contributed by atoms with E-state index >= 15 is 0 Å². The molecular weight excluding hydrogens is 188 g/mol. The third-order valence-corrected chi connectivity index (χ3v) is 2.25. The largest absolute Gasteiger partial charge is 0.384 e. The molecule has 4 nitrogen and oxygen atoms in total. The lowest BCUT2D eigenvalue weighted by atomic mass is 10.3. The summed E-state index contributed by atoms with van der Waals surface area (Å²) >= 11 is 0. The molecular formula is C11H20N4. The molecule has 0 radical (unpaired) electrons. The molecule has 1 heterocycles. The van der Waals surface area contributed by atoms with Gasteiger partial charge in [0.15, 0.2) is 0 Å². The Morgan fingerprint density at radius 1 is 1.20 bits per heavy atom. The molecule has 0 aliphatic heterocycles. The number of nitrogens with zero attached hydrogens (tertiary/aromatic N) is 3. The number of nitrogens with two attached hydrogens (primary N) is 1. The third-order valence-electron chi connectivity index (χ3n) is 2.25. The number of rotatable bonds is 5. The summed E-state index contributed by atoms with van der Waals surface area (Å²) < 4.78 is 0. The second-order valence-corrected chi connectivity index (χ2v) is 4.00. The Balaban J connectivity index is 2.43. The maximum atomic E-state index is 5.63. The summed E-state index contributed by atoms with van der Waals surface area (Å²) in [6.45, 7) is 2.08. The van der Waals surface area contributed by atoms with Gasteiger partial charge in [0, 0.05) is 13.6 Å². The van der Waals surface area contributed by atoms with Gasteiger partial charge in [-0.1, -0.05) is 6.07 Å². The maximum Gasteiger partial charge on any atom is 0.130 e. The lowest BCUT2D eigenvalue weighted by Crippen LogP contribution is -2.24. The van der Waals surface area contributed by atoms with E-state index in [1.165, 1.54) is 0 Å². The molecule has 0 fully saturated rings. The van der Waals surface area contributed by atoms with Crippen LogP contribution in [0.15, 0.2) is 18.2 Å². The average Bonchev–Trinajstić information content (AvgIpc) is 2.17. The zero-order valence-corrected chi connectivity index (χ0v) is 9.77. The van der Waals surface area contributed by atoms with Crippen molar-refractivity contribution < 1.29 is 0 Å². The van der Waals surface area contributed by atoms with Crippen molar-refractivity contribution in [1.29, 1.82) is 0 Å².